The number of hydrogen-bond donors (Lipinski definition) is 0. The lowest BCUT2D eigenvalue weighted by atomic mass is 9.80. The van der Waals surface area contributed by atoms with Crippen LogP contribution in [0.25, 0.3) is 0 Å². The van der Waals surface area contributed by atoms with Gasteiger partial charge < -0.3 is 19.3 Å². The van der Waals surface area contributed by atoms with Gasteiger partial charge >= 0.3 is 0 Å². The van der Waals surface area contributed by atoms with Crippen molar-refractivity contribution in [1.82, 2.24) is 9.97 Å². The number of carbonyl (C=O) groups excluding carboxylic acids is 1. The average molecular weight is 513 g/mol. The van der Waals surface area contributed by atoms with Crippen LogP contribution in [0.15, 0.2) is 12.1 Å². The Hall–Kier alpha value is -2.88. The number of aryl methyl sites for hydroxylation is 1. The lowest BCUT2D eigenvalue weighted by Crippen LogP contribution is -2.52. The number of benzene rings is 1. The van der Waals surface area contributed by atoms with Crippen LogP contribution in [0.4, 0.5) is 24.7 Å². The second-order valence-corrected chi connectivity index (χ2v) is 8.65. The van der Waals surface area contributed by atoms with Gasteiger partial charge in [0.05, 0.1) is 18.4 Å². The van der Waals surface area contributed by atoms with Crippen LogP contribution in [0.1, 0.15) is 53.6 Å². The highest BCUT2D eigenvalue weighted by atomic mass is 19.2. The fourth-order valence-corrected chi connectivity index (χ4v) is 4.34. The molecule has 0 bridgehead atoms. The molecule has 1 fully saturated rings. The molecule has 2 heterocycles. The van der Waals surface area contributed by atoms with Crippen LogP contribution in [0, 0.1) is 30.3 Å². The van der Waals surface area contributed by atoms with E-state index in [1.165, 1.54) is 0 Å². The Kier molecular flexibility index (Phi) is 10.7. The molecule has 4 rings (SSSR count). The van der Waals surface area contributed by atoms with E-state index in [1.54, 1.807) is 12.0 Å². The second-order valence-electron chi connectivity index (χ2n) is 8.65. The molecule has 1 aromatic carbocycles. The van der Waals surface area contributed by atoms with Gasteiger partial charge in [0.15, 0.2) is 23.3 Å². The number of halogens is 3. The molecular formula is C26H39F3N4O3. The average Bonchev–Trinajstić information content (AvgIpc) is 2.74. The number of carbonyl (C=O) groups is 1. The molecule has 1 aliphatic heterocycles. The first-order valence-electron chi connectivity index (χ1n) is 10.9. The Morgan fingerprint density at radius 3 is 2.28 bits per heavy atom. The highest BCUT2D eigenvalue weighted by Gasteiger charge is 2.37. The zero-order valence-electron chi connectivity index (χ0n) is 19.1. The van der Waals surface area contributed by atoms with Crippen LogP contribution in [-0.2, 0) is 16.0 Å². The molecule has 202 valence electrons. The predicted molar refractivity (Wildman–Crippen MR) is 136 cm³/mol. The summed E-state index contributed by atoms with van der Waals surface area (Å²) < 4.78 is 50.6. The molecule has 2 aliphatic rings. The molecule has 0 saturated heterocycles. The van der Waals surface area contributed by atoms with Crippen molar-refractivity contribution >= 4 is 17.4 Å². The van der Waals surface area contributed by atoms with Gasteiger partial charge in [0, 0.05) is 39.3 Å². The maximum absolute atomic E-state index is 13.4. The van der Waals surface area contributed by atoms with Crippen LogP contribution >= 0.6 is 0 Å². The quantitative estimate of drug-likeness (QED) is 0.468. The number of fused-ring (bicyclic) bond motifs is 1. The monoisotopic (exact) mass is 512 g/mol. The van der Waals surface area contributed by atoms with Crippen molar-refractivity contribution in [3.63, 3.8) is 0 Å². The number of aromatic nitrogens is 2. The van der Waals surface area contributed by atoms with Crippen molar-refractivity contribution in [3.8, 4) is 5.75 Å². The largest absolute Gasteiger partial charge is 0.490 e. The van der Waals surface area contributed by atoms with Gasteiger partial charge in [-0.25, -0.2) is 23.1 Å². The van der Waals surface area contributed by atoms with E-state index >= 15 is 0 Å². The third-order valence-electron chi connectivity index (χ3n) is 6.34. The Labute approximate surface area is 212 Å². The second kappa shape index (κ2) is 12.4. The summed E-state index contributed by atoms with van der Waals surface area (Å²) in [5, 5.41) is 0. The third kappa shape index (κ3) is 5.91. The molecule has 0 spiro atoms. The van der Waals surface area contributed by atoms with Crippen molar-refractivity contribution in [2.24, 2.45) is 5.92 Å². The summed E-state index contributed by atoms with van der Waals surface area (Å²) >= 11 is 0. The highest BCUT2D eigenvalue weighted by Crippen LogP contribution is 2.38. The number of methoxy groups -OCH3 is 1. The van der Waals surface area contributed by atoms with E-state index in [4.69, 9.17) is 14.5 Å². The standard InChI is InChI=1S/C23H27F3N4O3.3CH4/c1-12-21-22(29(3)13(2)23(31)30(21)5-6-32-4)28-19(27-12)9-14-7-15(8-14)33-16-10-17(24)20(26)18(25)11-16;;;/h10-11,13-15H,5-9H2,1-4H3;3*1H4/t13-,14?,15?;;;/m0.../s1. The minimum atomic E-state index is -1.50. The molecule has 0 unspecified atom stereocenters. The lowest BCUT2D eigenvalue weighted by molar-refractivity contribution is -0.120. The number of nitrogens with zero attached hydrogens (tertiary/aromatic N) is 4. The van der Waals surface area contributed by atoms with E-state index in [9.17, 15) is 18.0 Å². The Morgan fingerprint density at radius 2 is 1.69 bits per heavy atom. The molecule has 1 amide bonds. The summed E-state index contributed by atoms with van der Waals surface area (Å²) in [5.41, 5.74) is 1.43. The van der Waals surface area contributed by atoms with Crippen molar-refractivity contribution in [2.45, 2.75) is 67.5 Å². The van der Waals surface area contributed by atoms with Gasteiger partial charge in [-0.2, -0.15) is 0 Å². The Morgan fingerprint density at radius 1 is 1.08 bits per heavy atom. The van der Waals surface area contributed by atoms with Gasteiger partial charge in [0.2, 0.25) is 5.91 Å². The Bertz CT molecular complexity index is 1040. The van der Waals surface area contributed by atoms with Crippen molar-refractivity contribution in [3.05, 3.63) is 41.1 Å². The van der Waals surface area contributed by atoms with Gasteiger partial charge in [-0.3, -0.25) is 4.79 Å². The zero-order chi connectivity index (χ0) is 23.9. The lowest BCUT2D eigenvalue weighted by Gasteiger charge is -2.40. The topological polar surface area (TPSA) is 67.8 Å². The first-order valence-corrected chi connectivity index (χ1v) is 10.9. The van der Waals surface area contributed by atoms with E-state index in [1.807, 2.05) is 25.8 Å². The third-order valence-corrected chi connectivity index (χ3v) is 6.34. The highest BCUT2D eigenvalue weighted by molar-refractivity contribution is 6.05. The van der Waals surface area contributed by atoms with E-state index in [0.29, 0.717) is 49.7 Å². The van der Waals surface area contributed by atoms with E-state index in [2.05, 4.69) is 4.98 Å². The van der Waals surface area contributed by atoms with Gasteiger partial charge in [0.1, 0.15) is 23.3 Å². The number of hydrogen-bond acceptors (Lipinski definition) is 6. The number of anilines is 2. The summed E-state index contributed by atoms with van der Waals surface area (Å²) in [4.78, 5) is 25.8. The molecule has 10 heteroatoms. The van der Waals surface area contributed by atoms with Crippen LogP contribution in [0.3, 0.4) is 0 Å². The van der Waals surface area contributed by atoms with Gasteiger partial charge in [-0.05, 0) is 32.6 Å². The molecule has 1 saturated carbocycles. The molecule has 36 heavy (non-hydrogen) atoms. The van der Waals surface area contributed by atoms with Gasteiger partial charge in [-0.1, -0.05) is 22.3 Å². The number of amides is 1. The number of likely N-dealkylation sites (N-methyl/N-ethyl adjacent to an activating group) is 1. The van der Waals surface area contributed by atoms with Gasteiger partial charge in [0.25, 0.3) is 0 Å². The molecule has 1 atom stereocenters. The molecule has 7 nitrogen and oxygen atoms in total. The maximum atomic E-state index is 13.4. The van der Waals surface area contributed by atoms with E-state index < -0.39 is 17.5 Å². The smallest absolute Gasteiger partial charge is 0.249 e. The first kappa shape index (κ1) is 31.2. The molecular weight excluding hydrogens is 473 g/mol. The summed E-state index contributed by atoms with van der Waals surface area (Å²) in [5.74, 6) is -2.44. The predicted octanol–water partition coefficient (Wildman–Crippen LogP) is 5.33. The van der Waals surface area contributed by atoms with E-state index in [-0.39, 0.29) is 52.0 Å². The van der Waals surface area contributed by atoms with Crippen molar-refractivity contribution in [2.75, 3.05) is 37.1 Å². The summed E-state index contributed by atoms with van der Waals surface area (Å²) in [6.07, 6.45) is 1.76. The molecule has 1 aromatic heterocycles. The maximum Gasteiger partial charge on any atom is 0.249 e. The van der Waals surface area contributed by atoms with Crippen LogP contribution in [0.5, 0.6) is 5.75 Å². The van der Waals surface area contributed by atoms with Crippen LogP contribution in [0.2, 0.25) is 0 Å². The summed E-state index contributed by atoms with van der Waals surface area (Å²) in [7, 11) is 3.44. The van der Waals surface area contributed by atoms with Gasteiger partial charge in [-0.15, -0.1) is 0 Å². The van der Waals surface area contributed by atoms with E-state index in [0.717, 1.165) is 17.8 Å². The molecule has 1 aliphatic carbocycles. The summed E-state index contributed by atoms with van der Waals surface area (Å²) in [6, 6.07) is 1.36. The fraction of sp³-hybridized carbons (Fsp3) is 0.577. The SMILES string of the molecule is C.C.C.COCCN1C(=O)[C@H](C)N(C)c2nc(CC3CC(Oc4cc(F)c(F)c(F)c4)C3)nc(C)c21. The fourth-order valence-electron chi connectivity index (χ4n) is 4.34. The minimum Gasteiger partial charge on any atom is -0.490 e. The normalized spacial score (nSPS) is 20.4. The van der Waals surface area contributed by atoms with Crippen LogP contribution < -0.4 is 14.5 Å². The van der Waals surface area contributed by atoms with Crippen molar-refractivity contribution < 1.29 is 27.4 Å². The number of rotatable bonds is 7. The Balaban J connectivity index is 0.00000216. The molecule has 0 N–H and O–H groups in total. The molecule has 0 radical (unpaired) electrons. The number of ether oxygens (including phenoxy) is 2. The van der Waals surface area contributed by atoms with Crippen LogP contribution in [-0.4, -0.2) is 55.3 Å². The molecule has 2 aromatic rings. The first-order chi connectivity index (χ1) is 15.7. The zero-order valence-corrected chi connectivity index (χ0v) is 19.1. The summed E-state index contributed by atoms with van der Waals surface area (Å²) in [6.45, 7) is 4.55. The minimum absolute atomic E-state index is 0. The van der Waals surface area contributed by atoms with Crippen molar-refractivity contribution in [1.29, 1.82) is 0 Å².